The van der Waals surface area contributed by atoms with Gasteiger partial charge in [-0.2, -0.15) is 0 Å². The van der Waals surface area contributed by atoms with Gasteiger partial charge >= 0.3 is 0 Å². The predicted octanol–water partition coefficient (Wildman–Crippen LogP) is 3.58. The van der Waals surface area contributed by atoms with E-state index < -0.39 is 22.0 Å². The molecular weight excluding hydrogens is 364 g/mol. The number of benzene rings is 2. The smallest absolute Gasteiger partial charge is 0.247 e. The summed E-state index contributed by atoms with van der Waals surface area (Å²) in [6.45, 7) is 7.34. The zero-order chi connectivity index (χ0) is 20.2. The number of hydrogen-bond acceptors (Lipinski definition) is 4. The molecule has 0 radical (unpaired) electrons. The van der Waals surface area contributed by atoms with E-state index in [9.17, 15) is 13.2 Å². The Bertz CT molecular complexity index is 875. The second-order valence-corrected chi connectivity index (χ2v) is 8.61. The number of rotatable bonds is 7. The first-order valence-corrected chi connectivity index (χ1v) is 10.6. The minimum absolute atomic E-state index is 0.0586. The highest BCUT2D eigenvalue weighted by atomic mass is 32.2. The summed E-state index contributed by atoms with van der Waals surface area (Å²) in [4.78, 5) is 12.7. The van der Waals surface area contributed by atoms with E-state index in [0.29, 0.717) is 17.1 Å². The van der Waals surface area contributed by atoms with Crippen molar-refractivity contribution in [2.24, 2.45) is 0 Å². The van der Waals surface area contributed by atoms with Crippen LogP contribution >= 0.6 is 0 Å². The standard InChI is InChI=1S/C20H26N2O4S/c1-14(2)26-19-12-8-17(9-13-19)21-20(23)16(4)22(27(5,24)25)18-10-6-15(3)7-11-18/h6-14,16H,1-5H3,(H,21,23)/t16-/m1/s1. The van der Waals surface area contributed by atoms with Crippen molar-refractivity contribution in [3.8, 4) is 5.75 Å². The molecule has 0 saturated carbocycles. The van der Waals surface area contributed by atoms with Gasteiger partial charge < -0.3 is 10.1 Å². The monoisotopic (exact) mass is 390 g/mol. The Morgan fingerprint density at radius 1 is 1.00 bits per heavy atom. The van der Waals surface area contributed by atoms with Gasteiger partial charge in [-0.05, 0) is 64.1 Å². The van der Waals surface area contributed by atoms with Gasteiger partial charge in [-0.3, -0.25) is 9.10 Å². The normalized spacial score (nSPS) is 12.5. The molecular formula is C20H26N2O4S. The van der Waals surface area contributed by atoms with Crippen molar-refractivity contribution >= 4 is 27.3 Å². The third-order valence-electron chi connectivity index (χ3n) is 3.87. The highest BCUT2D eigenvalue weighted by Gasteiger charge is 2.29. The molecule has 6 nitrogen and oxygen atoms in total. The predicted molar refractivity (Wildman–Crippen MR) is 109 cm³/mol. The quantitative estimate of drug-likeness (QED) is 0.784. The summed E-state index contributed by atoms with van der Waals surface area (Å²) in [6.07, 6.45) is 1.15. The molecule has 0 aromatic heterocycles. The Balaban J connectivity index is 2.18. The molecule has 0 aliphatic carbocycles. The molecule has 146 valence electrons. The lowest BCUT2D eigenvalue weighted by Crippen LogP contribution is -2.45. The van der Waals surface area contributed by atoms with Crippen LogP contribution in [0.15, 0.2) is 48.5 Å². The summed E-state index contributed by atoms with van der Waals surface area (Å²) < 4.78 is 31.3. The van der Waals surface area contributed by atoms with Crippen molar-refractivity contribution < 1.29 is 17.9 Å². The molecule has 0 fully saturated rings. The van der Waals surface area contributed by atoms with Gasteiger partial charge in [0, 0.05) is 5.69 Å². The number of nitrogens with zero attached hydrogens (tertiary/aromatic N) is 1. The summed E-state index contributed by atoms with van der Waals surface area (Å²) in [7, 11) is -3.64. The lowest BCUT2D eigenvalue weighted by molar-refractivity contribution is -0.116. The van der Waals surface area contributed by atoms with E-state index in [2.05, 4.69) is 5.32 Å². The van der Waals surface area contributed by atoms with Crippen molar-refractivity contribution in [2.75, 3.05) is 15.9 Å². The maximum absolute atomic E-state index is 12.7. The summed E-state index contributed by atoms with van der Waals surface area (Å²) >= 11 is 0. The van der Waals surface area contributed by atoms with Crippen molar-refractivity contribution in [2.45, 2.75) is 39.8 Å². The Kier molecular flexibility index (Phi) is 6.49. The second kappa shape index (κ2) is 8.43. The fourth-order valence-electron chi connectivity index (χ4n) is 2.64. The lowest BCUT2D eigenvalue weighted by atomic mass is 10.2. The van der Waals surface area contributed by atoms with E-state index in [0.717, 1.165) is 16.1 Å². The van der Waals surface area contributed by atoms with Crippen molar-refractivity contribution in [3.05, 3.63) is 54.1 Å². The van der Waals surface area contributed by atoms with Gasteiger partial charge in [0.05, 0.1) is 18.0 Å². The fraction of sp³-hybridized carbons (Fsp3) is 0.350. The molecule has 0 saturated heterocycles. The Labute approximate surface area is 161 Å². The molecule has 0 unspecified atom stereocenters. The first kappa shape index (κ1) is 20.8. The fourth-order valence-corrected chi connectivity index (χ4v) is 3.81. The van der Waals surface area contributed by atoms with Gasteiger partial charge in [0.1, 0.15) is 11.8 Å². The van der Waals surface area contributed by atoms with Gasteiger partial charge in [-0.1, -0.05) is 17.7 Å². The summed E-state index contributed by atoms with van der Waals surface area (Å²) in [6, 6.07) is 13.1. The molecule has 0 spiro atoms. The summed E-state index contributed by atoms with van der Waals surface area (Å²) in [5.41, 5.74) is 2.03. The number of carbonyl (C=O) groups excluding carboxylic acids is 1. The van der Waals surface area contributed by atoms with E-state index in [-0.39, 0.29) is 6.10 Å². The highest BCUT2D eigenvalue weighted by molar-refractivity contribution is 7.92. The van der Waals surface area contributed by atoms with Gasteiger partial charge in [-0.25, -0.2) is 8.42 Å². The van der Waals surface area contributed by atoms with Crippen molar-refractivity contribution in [1.29, 1.82) is 0 Å². The number of anilines is 2. The van der Waals surface area contributed by atoms with Crippen LogP contribution < -0.4 is 14.4 Å². The summed E-state index contributed by atoms with van der Waals surface area (Å²) in [5.74, 6) is 0.284. The highest BCUT2D eigenvalue weighted by Crippen LogP contribution is 2.23. The number of ether oxygens (including phenoxy) is 1. The molecule has 27 heavy (non-hydrogen) atoms. The molecule has 1 atom stereocenters. The zero-order valence-corrected chi connectivity index (χ0v) is 17.1. The van der Waals surface area contributed by atoms with E-state index in [1.807, 2.05) is 32.9 Å². The third-order valence-corrected chi connectivity index (χ3v) is 5.11. The van der Waals surface area contributed by atoms with E-state index in [4.69, 9.17) is 4.74 Å². The molecule has 0 aliphatic heterocycles. The third kappa shape index (κ3) is 5.72. The van der Waals surface area contributed by atoms with Gasteiger partial charge in [0.2, 0.25) is 15.9 Å². The van der Waals surface area contributed by atoms with E-state index in [1.54, 1.807) is 43.3 Å². The van der Waals surface area contributed by atoms with Crippen molar-refractivity contribution in [3.63, 3.8) is 0 Å². The maximum atomic E-state index is 12.7. The average molecular weight is 391 g/mol. The first-order valence-electron chi connectivity index (χ1n) is 8.71. The number of sulfonamides is 1. The molecule has 1 amide bonds. The van der Waals surface area contributed by atoms with Gasteiger partial charge in [-0.15, -0.1) is 0 Å². The molecule has 2 aromatic carbocycles. The number of nitrogens with one attached hydrogen (secondary N) is 1. The van der Waals surface area contributed by atoms with Gasteiger partial charge in [0.15, 0.2) is 0 Å². The number of carbonyl (C=O) groups is 1. The van der Waals surface area contributed by atoms with Crippen LogP contribution in [0.3, 0.4) is 0 Å². The second-order valence-electron chi connectivity index (χ2n) is 6.75. The minimum Gasteiger partial charge on any atom is -0.491 e. The van der Waals surface area contributed by atoms with Gasteiger partial charge in [0.25, 0.3) is 0 Å². The van der Waals surface area contributed by atoms with Crippen LogP contribution in [0.1, 0.15) is 26.3 Å². The molecule has 0 heterocycles. The van der Waals surface area contributed by atoms with Crippen LogP contribution in [0.4, 0.5) is 11.4 Å². The Hall–Kier alpha value is -2.54. The molecule has 0 bridgehead atoms. The zero-order valence-electron chi connectivity index (χ0n) is 16.3. The van der Waals surface area contributed by atoms with E-state index in [1.165, 1.54) is 0 Å². The summed E-state index contributed by atoms with van der Waals surface area (Å²) in [5, 5.41) is 2.76. The molecule has 0 aliphatic rings. The minimum atomic E-state index is -3.64. The van der Waals surface area contributed by atoms with Crippen LogP contribution in [-0.2, 0) is 14.8 Å². The maximum Gasteiger partial charge on any atom is 0.247 e. The molecule has 1 N–H and O–H groups in total. The lowest BCUT2D eigenvalue weighted by Gasteiger charge is -2.28. The van der Waals surface area contributed by atoms with Crippen molar-refractivity contribution in [1.82, 2.24) is 0 Å². The van der Waals surface area contributed by atoms with E-state index >= 15 is 0 Å². The SMILES string of the molecule is Cc1ccc(N([C@H](C)C(=O)Nc2ccc(OC(C)C)cc2)S(C)(=O)=O)cc1. The largest absolute Gasteiger partial charge is 0.491 e. The molecule has 2 rings (SSSR count). The Morgan fingerprint density at radius 2 is 1.56 bits per heavy atom. The number of hydrogen-bond donors (Lipinski definition) is 1. The van der Waals surface area contributed by atoms with Crippen LogP contribution in [-0.4, -0.2) is 32.7 Å². The van der Waals surface area contributed by atoms with Crippen LogP contribution in [0.2, 0.25) is 0 Å². The molecule has 7 heteroatoms. The van der Waals surface area contributed by atoms with Crippen LogP contribution in [0, 0.1) is 6.92 Å². The Morgan fingerprint density at radius 3 is 2.04 bits per heavy atom. The molecule has 2 aromatic rings. The van der Waals surface area contributed by atoms with Crippen LogP contribution in [0.5, 0.6) is 5.75 Å². The first-order chi connectivity index (χ1) is 12.6. The number of amides is 1. The average Bonchev–Trinajstić information content (AvgIpc) is 2.57. The van der Waals surface area contributed by atoms with Crippen LogP contribution in [0.25, 0.3) is 0 Å². The topological polar surface area (TPSA) is 75.7 Å². The number of aryl methyl sites for hydroxylation is 1.